The quantitative estimate of drug-likeness (QED) is 0.851. The highest BCUT2D eigenvalue weighted by atomic mass is 16.1. The molecule has 1 aromatic carbocycles. The molecule has 5 nitrogen and oxygen atoms in total. The van der Waals surface area contributed by atoms with Crippen molar-refractivity contribution in [3.63, 3.8) is 0 Å². The first-order chi connectivity index (χ1) is 11.7. The monoisotopic (exact) mass is 326 g/mol. The summed E-state index contributed by atoms with van der Waals surface area (Å²) < 4.78 is 1.99. The number of benzene rings is 1. The van der Waals surface area contributed by atoms with Gasteiger partial charge in [0.1, 0.15) is 0 Å². The standard InChI is InChI=1S/C19H26N4O/c1-16(17-7-3-2-4-8-17)21-19(24)10-14-22-12-5-9-18(22)15-23-13-6-11-20-23/h2-4,6-8,11,13,16,18H,5,9-10,12,14-15H2,1H3,(H,21,24)/t16-,18-/m0/s1. The topological polar surface area (TPSA) is 50.2 Å². The van der Waals surface area contributed by atoms with Gasteiger partial charge in [0, 0.05) is 31.4 Å². The highest BCUT2D eigenvalue weighted by Crippen LogP contribution is 2.19. The number of aromatic nitrogens is 2. The van der Waals surface area contributed by atoms with E-state index in [4.69, 9.17) is 0 Å². The second-order valence-corrected chi connectivity index (χ2v) is 6.51. The molecule has 5 heteroatoms. The van der Waals surface area contributed by atoms with Crippen LogP contribution in [0.25, 0.3) is 0 Å². The molecule has 128 valence electrons. The van der Waals surface area contributed by atoms with Crippen molar-refractivity contribution < 1.29 is 4.79 Å². The first-order valence-electron chi connectivity index (χ1n) is 8.78. The van der Waals surface area contributed by atoms with E-state index in [9.17, 15) is 4.79 Å². The van der Waals surface area contributed by atoms with E-state index >= 15 is 0 Å². The number of hydrogen-bond donors (Lipinski definition) is 1. The van der Waals surface area contributed by atoms with Crippen LogP contribution in [-0.4, -0.2) is 39.7 Å². The molecule has 0 bridgehead atoms. The first-order valence-corrected chi connectivity index (χ1v) is 8.78. The van der Waals surface area contributed by atoms with Crippen molar-refractivity contribution in [2.24, 2.45) is 0 Å². The minimum absolute atomic E-state index is 0.0529. The van der Waals surface area contributed by atoms with Gasteiger partial charge in [-0.05, 0) is 37.9 Å². The fourth-order valence-corrected chi connectivity index (χ4v) is 3.40. The van der Waals surface area contributed by atoms with Gasteiger partial charge in [-0.25, -0.2) is 0 Å². The van der Waals surface area contributed by atoms with Crippen molar-refractivity contribution in [2.45, 2.75) is 44.8 Å². The van der Waals surface area contributed by atoms with Crippen LogP contribution in [0.3, 0.4) is 0 Å². The van der Waals surface area contributed by atoms with Gasteiger partial charge in [0.15, 0.2) is 0 Å². The largest absolute Gasteiger partial charge is 0.350 e. The SMILES string of the molecule is C[C@H](NC(=O)CCN1CCC[C@H]1Cn1cccn1)c1ccccc1. The summed E-state index contributed by atoms with van der Waals surface area (Å²) in [6.07, 6.45) is 6.76. The summed E-state index contributed by atoms with van der Waals surface area (Å²) in [5, 5.41) is 7.39. The Morgan fingerprint density at radius 1 is 1.33 bits per heavy atom. The third kappa shape index (κ3) is 4.45. The summed E-state index contributed by atoms with van der Waals surface area (Å²) in [7, 11) is 0. The molecule has 0 radical (unpaired) electrons. The average Bonchev–Trinajstić information content (AvgIpc) is 3.26. The van der Waals surface area contributed by atoms with Gasteiger partial charge >= 0.3 is 0 Å². The Kier molecular flexibility index (Phi) is 5.64. The average molecular weight is 326 g/mol. The fraction of sp³-hybridized carbons (Fsp3) is 0.474. The van der Waals surface area contributed by atoms with Crippen molar-refractivity contribution in [3.05, 3.63) is 54.4 Å². The molecule has 0 unspecified atom stereocenters. The second-order valence-electron chi connectivity index (χ2n) is 6.51. The van der Waals surface area contributed by atoms with Crippen LogP contribution in [0.4, 0.5) is 0 Å². The molecule has 2 atom stereocenters. The highest BCUT2D eigenvalue weighted by molar-refractivity contribution is 5.76. The number of rotatable bonds is 7. The predicted octanol–water partition coefficient (Wildman–Crippen LogP) is 2.62. The molecule has 2 aromatic rings. The summed E-state index contributed by atoms with van der Waals surface area (Å²) in [6.45, 7) is 4.84. The number of likely N-dealkylation sites (tertiary alicyclic amines) is 1. The number of nitrogens with one attached hydrogen (secondary N) is 1. The number of carbonyl (C=O) groups is 1. The number of hydrogen-bond acceptors (Lipinski definition) is 3. The van der Waals surface area contributed by atoms with Gasteiger partial charge in [-0.3, -0.25) is 14.4 Å². The Balaban J connectivity index is 1.45. The van der Waals surface area contributed by atoms with Gasteiger partial charge in [0.25, 0.3) is 0 Å². The van der Waals surface area contributed by atoms with E-state index in [1.807, 2.05) is 60.4 Å². The summed E-state index contributed by atoms with van der Waals surface area (Å²) >= 11 is 0. The van der Waals surface area contributed by atoms with E-state index in [0.717, 1.165) is 25.2 Å². The van der Waals surface area contributed by atoms with Crippen LogP contribution in [0, 0.1) is 0 Å². The number of nitrogens with zero attached hydrogens (tertiary/aromatic N) is 3. The lowest BCUT2D eigenvalue weighted by molar-refractivity contribution is -0.122. The minimum Gasteiger partial charge on any atom is -0.350 e. The van der Waals surface area contributed by atoms with Gasteiger partial charge in [-0.15, -0.1) is 0 Å². The minimum atomic E-state index is 0.0529. The van der Waals surface area contributed by atoms with Crippen LogP contribution in [0.15, 0.2) is 48.8 Å². The van der Waals surface area contributed by atoms with E-state index in [1.54, 1.807) is 0 Å². The van der Waals surface area contributed by atoms with Crippen molar-refractivity contribution >= 4 is 5.91 Å². The lowest BCUT2D eigenvalue weighted by Crippen LogP contribution is -2.37. The molecule has 1 aliphatic rings. The third-order valence-corrected chi connectivity index (χ3v) is 4.76. The Morgan fingerprint density at radius 2 is 2.17 bits per heavy atom. The molecule has 24 heavy (non-hydrogen) atoms. The molecule has 0 saturated carbocycles. The normalized spacial score (nSPS) is 19.3. The second kappa shape index (κ2) is 8.11. The van der Waals surface area contributed by atoms with E-state index in [-0.39, 0.29) is 11.9 Å². The van der Waals surface area contributed by atoms with Gasteiger partial charge in [-0.2, -0.15) is 5.10 Å². The smallest absolute Gasteiger partial charge is 0.221 e. The van der Waals surface area contributed by atoms with Crippen molar-refractivity contribution in [3.8, 4) is 0 Å². The lowest BCUT2D eigenvalue weighted by atomic mass is 10.1. The zero-order valence-electron chi connectivity index (χ0n) is 14.3. The molecule has 1 amide bonds. The number of carbonyl (C=O) groups excluding carboxylic acids is 1. The van der Waals surface area contributed by atoms with E-state index in [2.05, 4.69) is 15.3 Å². The van der Waals surface area contributed by atoms with Gasteiger partial charge in [-0.1, -0.05) is 30.3 Å². The molecule has 1 aliphatic heterocycles. The molecule has 1 saturated heterocycles. The maximum Gasteiger partial charge on any atom is 0.221 e. The summed E-state index contributed by atoms with van der Waals surface area (Å²) in [5.41, 5.74) is 1.14. The molecule has 1 aromatic heterocycles. The number of amides is 1. The maximum atomic E-state index is 12.3. The van der Waals surface area contributed by atoms with Crippen LogP contribution in [0.5, 0.6) is 0 Å². The summed E-state index contributed by atoms with van der Waals surface area (Å²) in [5.74, 6) is 0.121. The lowest BCUT2D eigenvalue weighted by Gasteiger charge is -2.24. The van der Waals surface area contributed by atoms with Crippen LogP contribution >= 0.6 is 0 Å². The third-order valence-electron chi connectivity index (χ3n) is 4.76. The summed E-state index contributed by atoms with van der Waals surface area (Å²) in [4.78, 5) is 14.7. The van der Waals surface area contributed by atoms with E-state index in [1.165, 1.54) is 12.8 Å². The van der Waals surface area contributed by atoms with Gasteiger partial charge in [0.2, 0.25) is 5.91 Å². The molecule has 2 heterocycles. The van der Waals surface area contributed by atoms with Crippen molar-refractivity contribution in [1.82, 2.24) is 20.0 Å². The van der Waals surface area contributed by atoms with Crippen LogP contribution in [0.1, 0.15) is 37.8 Å². The first kappa shape index (κ1) is 16.7. The Bertz CT molecular complexity index is 626. The molecule has 0 spiro atoms. The van der Waals surface area contributed by atoms with Crippen LogP contribution in [0.2, 0.25) is 0 Å². The Labute approximate surface area is 143 Å². The summed E-state index contributed by atoms with van der Waals surface area (Å²) in [6, 6.07) is 12.6. The molecular formula is C19H26N4O. The zero-order chi connectivity index (χ0) is 16.8. The Morgan fingerprint density at radius 3 is 2.92 bits per heavy atom. The van der Waals surface area contributed by atoms with Crippen molar-refractivity contribution in [1.29, 1.82) is 0 Å². The predicted molar refractivity (Wildman–Crippen MR) is 94.4 cm³/mol. The van der Waals surface area contributed by atoms with Crippen LogP contribution < -0.4 is 5.32 Å². The van der Waals surface area contributed by atoms with E-state index < -0.39 is 0 Å². The fourth-order valence-electron chi connectivity index (χ4n) is 3.40. The van der Waals surface area contributed by atoms with Crippen molar-refractivity contribution in [2.75, 3.05) is 13.1 Å². The van der Waals surface area contributed by atoms with Crippen LogP contribution in [-0.2, 0) is 11.3 Å². The van der Waals surface area contributed by atoms with Gasteiger partial charge in [0.05, 0.1) is 12.6 Å². The molecule has 3 rings (SSSR count). The van der Waals surface area contributed by atoms with E-state index in [0.29, 0.717) is 12.5 Å². The highest BCUT2D eigenvalue weighted by Gasteiger charge is 2.25. The Hall–Kier alpha value is -2.14. The molecule has 1 N–H and O–H groups in total. The van der Waals surface area contributed by atoms with Gasteiger partial charge < -0.3 is 5.32 Å². The zero-order valence-corrected chi connectivity index (χ0v) is 14.3. The maximum absolute atomic E-state index is 12.3. The molecule has 0 aliphatic carbocycles. The molecule has 1 fully saturated rings. The molecular weight excluding hydrogens is 300 g/mol.